The van der Waals surface area contributed by atoms with Crippen LogP contribution in [-0.4, -0.2) is 66.8 Å². The van der Waals surface area contributed by atoms with Gasteiger partial charge in [0.2, 0.25) is 0 Å². The number of carbonyl (C=O) groups excluding carboxylic acids is 2. The molecule has 0 saturated heterocycles. The Morgan fingerprint density at radius 3 is 2.46 bits per heavy atom. The van der Waals surface area contributed by atoms with Crippen molar-refractivity contribution in [2.24, 2.45) is 0 Å². The Hall–Kier alpha value is -4.42. The number of amides is 1. The zero-order valence-corrected chi connectivity index (χ0v) is 29.2. The number of esters is 1. The summed E-state index contributed by atoms with van der Waals surface area (Å²) in [5, 5.41) is 5.76. The molecule has 1 amide bonds. The van der Waals surface area contributed by atoms with E-state index in [1.807, 2.05) is 36.7 Å². The lowest BCUT2D eigenvalue weighted by Gasteiger charge is -2.24. The van der Waals surface area contributed by atoms with Gasteiger partial charge in [-0.2, -0.15) is 17.8 Å². The van der Waals surface area contributed by atoms with Crippen LogP contribution in [0.2, 0.25) is 0 Å². The number of aromatic nitrogens is 3. The van der Waals surface area contributed by atoms with Gasteiger partial charge in [-0.3, -0.25) is 9.48 Å². The van der Waals surface area contributed by atoms with Crippen LogP contribution in [0.3, 0.4) is 0 Å². The van der Waals surface area contributed by atoms with Crippen LogP contribution in [0.25, 0.3) is 33.8 Å². The van der Waals surface area contributed by atoms with Crippen molar-refractivity contribution in [3.8, 4) is 17.0 Å². The van der Waals surface area contributed by atoms with E-state index in [2.05, 4.69) is 21.4 Å². The molecule has 3 heterocycles. The van der Waals surface area contributed by atoms with E-state index in [-0.39, 0.29) is 12.2 Å². The molecule has 2 aliphatic rings. The van der Waals surface area contributed by atoms with Crippen LogP contribution in [0.4, 0.5) is 0 Å². The fourth-order valence-electron chi connectivity index (χ4n) is 7.18. The predicted octanol–water partition coefficient (Wildman–Crippen LogP) is 6.16. The molecule has 0 bridgehead atoms. The molecule has 12 heteroatoms. The van der Waals surface area contributed by atoms with Crippen LogP contribution >= 0.6 is 0 Å². The SMILES string of the molecule is CCOC(=O)c1c(C)nn(CC)c1C1=Cc2cc(OC)ccc2-c2c(C3CCCCC3)c3ccc(C(=O)NS(=O)(=O)N(C)C)cc3n2C1. The smallest absolute Gasteiger partial charge is 0.342 e. The minimum atomic E-state index is -4.00. The Morgan fingerprint density at radius 1 is 1.04 bits per heavy atom. The summed E-state index contributed by atoms with van der Waals surface area (Å²) in [6, 6.07) is 11.5. The summed E-state index contributed by atoms with van der Waals surface area (Å²) in [7, 11) is 0.389. The van der Waals surface area contributed by atoms with Crippen LogP contribution in [0, 0.1) is 6.92 Å². The van der Waals surface area contributed by atoms with Crippen LogP contribution < -0.4 is 9.46 Å². The molecule has 0 spiro atoms. The average molecular weight is 674 g/mol. The highest BCUT2D eigenvalue weighted by molar-refractivity contribution is 7.87. The molecule has 1 fully saturated rings. The Kier molecular flexibility index (Phi) is 9.23. The minimum absolute atomic E-state index is 0.231. The van der Waals surface area contributed by atoms with E-state index >= 15 is 0 Å². The number of carbonyl (C=O) groups is 2. The van der Waals surface area contributed by atoms with E-state index < -0.39 is 22.1 Å². The third-order valence-corrected chi connectivity index (χ3v) is 10.9. The van der Waals surface area contributed by atoms with Gasteiger partial charge in [0.1, 0.15) is 11.3 Å². The summed E-state index contributed by atoms with van der Waals surface area (Å²) in [4.78, 5) is 26.8. The highest BCUT2D eigenvalue weighted by Gasteiger charge is 2.32. The lowest BCUT2D eigenvalue weighted by atomic mass is 9.81. The number of hydrogen-bond donors (Lipinski definition) is 1. The van der Waals surface area contributed by atoms with Crippen molar-refractivity contribution in [2.75, 3.05) is 27.8 Å². The second-order valence-corrected chi connectivity index (χ2v) is 14.5. The summed E-state index contributed by atoms with van der Waals surface area (Å²) < 4.78 is 43.5. The number of methoxy groups -OCH3 is 1. The fourth-order valence-corrected chi connectivity index (χ4v) is 7.71. The molecule has 48 heavy (non-hydrogen) atoms. The summed E-state index contributed by atoms with van der Waals surface area (Å²) >= 11 is 0. The van der Waals surface area contributed by atoms with Crippen molar-refractivity contribution < 1.29 is 27.5 Å². The highest BCUT2D eigenvalue weighted by atomic mass is 32.2. The van der Waals surface area contributed by atoms with E-state index in [1.165, 1.54) is 26.1 Å². The van der Waals surface area contributed by atoms with Gasteiger partial charge in [0.15, 0.2) is 0 Å². The first kappa shape index (κ1) is 33.5. The number of fused-ring (bicyclic) bond motifs is 5. The van der Waals surface area contributed by atoms with Crippen molar-refractivity contribution in [1.82, 2.24) is 23.4 Å². The van der Waals surface area contributed by atoms with Crippen LogP contribution in [0.5, 0.6) is 5.75 Å². The maximum atomic E-state index is 13.4. The monoisotopic (exact) mass is 673 g/mol. The topological polar surface area (TPSA) is 125 Å². The molecule has 0 atom stereocenters. The molecule has 1 N–H and O–H groups in total. The maximum Gasteiger partial charge on any atom is 0.342 e. The Labute approximate surface area is 281 Å². The standard InChI is InChI=1S/C36H43N5O6S/c1-7-41-33(31(22(3)37-41)36(43)47-8-2)26-18-25-19-27(46-6)15-17-28(25)34-32(23-12-10-9-11-13-23)29-16-14-24(20-30(29)40(34)21-26)35(42)38-48(44,45)39(4)5/h14-20,23H,7-13,21H2,1-6H3,(H,38,42). The molecule has 1 aliphatic heterocycles. The van der Waals surface area contributed by atoms with E-state index in [1.54, 1.807) is 26.2 Å². The fraction of sp³-hybridized carbons (Fsp3) is 0.417. The van der Waals surface area contributed by atoms with Gasteiger partial charge in [-0.25, -0.2) is 9.52 Å². The lowest BCUT2D eigenvalue weighted by Crippen LogP contribution is -2.39. The second kappa shape index (κ2) is 13.2. The Morgan fingerprint density at radius 2 is 1.79 bits per heavy atom. The van der Waals surface area contributed by atoms with Gasteiger partial charge < -0.3 is 14.0 Å². The molecule has 0 radical (unpaired) electrons. The van der Waals surface area contributed by atoms with Gasteiger partial charge in [-0.1, -0.05) is 25.3 Å². The molecule has 2 aromatic carbocycles. The number of benzene rings is 2. The van der Waals surface area contributed by atoms with Crippen LogP contribution in [0.15, 0.2) is 36.4 Å². The van der Waals surface area contributed by atoms with Gasteiger partial charge in [0.05, 0.1) is 37.3 Å². The molecule has 1 aliphatic carbocycles. The zero-order valence-electron chi connectivity index (χ0n) is 28.4. The first-order valence-corrected chi connectivity index (χ1v) is 18.0. The van der Waals surface area contributed by atoms with Crippen molar-refractivity contribution >= 4 is 44.6 Å². The zero-order chi connectivity index (χ0) is 34.3. The predicted molar refractivity (Wildman–Crippen MR) is 186 cm³/mol. The largest absolute Gasteiger partial charge is 0.497 e. The molecule has 2 aromatic heterocycles. The number of nitrogens with zero attached hydrogens (tertiary/aromatic N) is 4. The van der Waals surface area contributed by atoms with Crippen LogP contribution in [0.1, 0.15) is 95.1 Å². The summed E-state index contributed by atoms with van der Waals surface area (Å²) in [5.41, 5.74) is 7.82. The van der Waals surface area contributed by atoms with Gasteiger partial charge >= 0.3 is 16.2 Å². The molecule has 6 rings (SSSR count). The maximum absolute atomic E-state index is 13.4. The Bertz CT molecular complexity index is 2050. The lowest BCUT2D eigenvalue weighted by molar-refractivity contribution is 0.0524. The molecule has 4 aromatic rings. The van der Waals surface area contributed by atoms with E-state index in [0.717, 1.165) is 63.3 Å². The Balaban J connectivity index is 1.65. The van der Waals surface area contributed by atoms with Gasteiger partial charge in [-0.15, -0.1) is 0 Å². The van der Waals surface area contributed by atoms with Crippen molar-refractivity contribution in [3.63, 3.8) is 0 Å². The quantitative estimate of drug-likeness (QED) is 0.211. The van der Waals surface area contributed by atoms with E-state index in [9.17, 15) is 18.0 Å². The number of allylic oxidation sites excluding steroid dienone is 1. The molecule has 0 unspecified atom stereocenters. The summed E-state index contributed by atoms with van der Waals surface area (Å²) in [5.74, 6) is -0.122. The highest BCUT2D eigenvalue weighted by Crippen LogP contribution is 2.48. The summed E-state index contributed by atoms with van der Waals surface area (Å²) in [6.07, 6.45) is 7.68. The third kappa shape index (κ3) is 5.92. The molecule has 1 saturated carbocycles. The van der Waals surface area contributed by atoms with Gasteiger partial charge in [0.25, 0.3) is 5.91 Å². The van der Waals surface area contributed by atoms with Crippen molar-refractivity contribution in [1.29, 1.82) is 0 Å². The minimum Gasteiger partial charge on any atom is -0.497 e. The van der Waals surface area contributed by atoms with Crippen molar-refractivity contribution in [2.45, 2.75) is 71.9 Å². The molecule has 254 valence electrons. The number of hydrogen-bond acceptors (Lipinski definition) is 7. The van der Waals surface area contributed by atoms with E-state index in [4.69, 9.17) is 14.6 Å². The normalized spacial score (nSPS) is 15.1. The molecular weight excluding hydrogens is 630 g/mol. The number of aryl methyl sites for hydroxylation is 2. The second-order valence-electron chi connectivity index (χ2n) is 12.6. The van der Waals surface area contributed by atoms with Crippen LogP contribution in [-0.2, 0) is 28.0 Å². The van der Waals surface area contributed by atoms with Crippen molar-refractivity contribution in [3.05, 3.63) is 70.0 Å². The number of nitrogens with one attached hydrogen (secondary N) is 1. The first-order chi connectivity index (χ1) is 23.0. The first-order valence-electron chi connectivity index (χ1n) is 16.5. The third-order valence-electron chi connectivity index (χ3n) is 9.46. The molecular formula is C36H43N5O6S. The molecule has 11 nitrogen and oxygen atoms in total. The number of rotatable bonds is 9. The average Bonchev–Trinajstić information content (AvgIpc) is 3.52. The van der Waals surface area contributed by atoms with E-state index in [0.29, 0.717) is 41.7 Å². The van der Waals surface area contributed by atoms with Gasteiger partial charge in [0, 0.05) is 42.7 Å². The van der Waals surface area contributed by atoms with Gasteiger partial charge in [-0.05, 0) is 92.6 Å². The summed E-state index contributed by atoms with van der Waals surface area (Å²) in [6.45, 7) is 6.74. The number of ether oxygens (including phenoxy) is 2.